The molecule has 6 nitrogen and oxygen atoms in total. The predicted octanol–water partition coefficient (Wildman–Crippen LogP) is 5.64. The molecule has 166 valence electrons. The van der Waals surface area contributed by atoms with Gasteiger partial charge >= 0.3 is 0 Å². The first-order valence-corrected chi connectivity index (χ1v) is 10.8. The number of anilines is 3. The molecule has 0 saturated heterocycles. The number of benzene rings is 3. The lowest BCUT2D eigenvalue weighted by atomic mass is 10.1. The SMILES string of the molecule is Cc1cccc(NC(=O)c2cccc(NC3=C(Cl)C(=O)N(c4cccc(Cl)c4C)C3=O)c2)c1. The van der Waals surface area contributed by atoms with Gasteiger partial charge in [-0.15, -0.1) is 0 Å². The number of nitrogens with one attached hydrogen (secondary N) is 2. The molecule has 1 aliphatic heterocycles. The highest BCUT2D eigenvalue weighted by Gasteiger charge is 2.39. The van der Waals surface area contributed by atoms with Crippen LogP contribution in [0.1, 0.15) is 21.5 Å². The van der Waals surface area contributed by atoms with Gasteiger partial charge in [-0.1, -0.05) is 47.5 Å². The molecule has 4 rings (SSSR count). The zero-order chi connectivity index (χ0) is 23.7. The van der Waals surface area contributed by atoms with E-state index in [-0.39, 0.29) is 16.6 Å². The summed E-state index contributed by atoms with van der Waals surface area (Å²) >= 11 is 12.4. The van der Waals surface area contributed by atoms with Crippen LogP contribution in [0.4, 0.5) is 17.1 Å². The minimum atomic E-state index is -0.650. The first-order valence-electron chi connectivity index (χ1n) is 10.0. The van der Waals surface area contributed by atoms with Crippen molar-refractivity contribution >= 4 is 58.0 Å². The van der Waals surface area contributed by atoms with Crippen LogP contribution in [0.3, 0.4) is 0 Å². The van der Waals surface area contributed by atoms with Crippen molar-refractivity contribution < 1.29 is 14.4 Å². The Bertz CT molecular complexity index is 1330. The molecule has 3 aromatic rings. The minimum absolute atomic E-state index is 0.0720. The summed E-state index contributed by atoms with van der Waals surface area (Å²) in [4.78, 5) is 39.5. The Morgan fingerprint density at radius 1 is 0.848 bits per heavy atom. The second-order valence-corrected chi connectivity index (χ2v) is 8.33. The normalized spacial score (nSPS) is 13.5. The number of aryl methyl sites for hydroxylation is 1. The lowest BCUT2D eigenvalue weighted by Crippen LogP contribution is -2.32. The Morgan fingerprint density at radius 3 is 2.30 bits per heavy atom. The highest BCUT2D eigenvalue weighted by molar-refractivity contribution is 6.53. The van der Waals surface area contributed by atoms with Crippen LogP contribution in [-0.4, -0.2) is 17.7 Å². The van der Waals surface area contributed by atoms with Gasteiger partial charge < -0.3 is 10.6 Å². The molecule has 0 bridgehead atoms. The molecule has 1 aliphatic rings. The number of rotatable bonds is 5. The Morgan fingerprint density at radius 2 is 1.55 bits per heavy atom. The molecule has 8 heteroatoms. The molecule has 0 unspecified atom stereocenters. The van der Waals surface area contributed by atoms with E-state index in [1.165, 1.54) is 0 Å². The molecule has 0 saturated carbocycles. The van der Waals surface area contributed by atoms with Crippen LogP contribution in [0.25, 0.3) is 0 Å². The maximum absolute atomic E-state index is 13.1. The largest absolute Gasteiger partial charge is 0.350 e. The number of carbonyl (C=O) groups excluding carboxylic acids is 3. The van der Waals surface area contributed by atoms with Crippen molar-refractivity contribution in [2.24, 2.45) is 0 Å². The van der Waals surface area contributed by atoms with Crippen molar-refractivity contribution in [2.75, 3.05) is 15.5 Å². The van der Waals surface area contributed by atoms with Crippen molar-refractivity contribution in [1.29, 1.82) is 0 Å². The molecule has 0 aliphatic carbocycles. The Kier molecular flexibility index (Phi) is 6.22. The smallest absolute Gasteiger partial charge is 0.283 e. The molecule has 3 aromatic carbocycles. The van der Waals surface area contributed by atoms with E-state index in [0.29, 0.717) is 33.2 Å². The lowest BCUT2D eigenvalue weighted by Gasteiger charge is -2.18. The number of hydrogen-bond acceptors (Lipinski definition) is 4. The predicted molar refractivity (Wildman–Crippen MR) is 131 cm³/mol. The summed E-state index contributed by atoms with van der Waals surface area (Å²) in [6, 6.07) is 19.0. The Hall–Kier alpha value is -3.61. The molecule has 2 N–H and O–H groups in total. The summed E-state index contributed by atoms with van der Waals surface area (Å²) in [5.41, 5.74) is 3.38. The third-order valence-electron chi connectivity index (χ3n) is 5.18. The summed E-state index contributed by atoms with van der Waals surface area (Å²) in [6.45, 7) is 3.65. The Balaban J connectivity index is 1.56. The van der Waals surface area contributed by atoms with E-state index < -0.39 is 11.8 Å². The van der Waals surface area contributed by atoms with Crippen LogP contribution in [0.2, 0.25) is 5.02 Å². The maximum atomic E-state index is 13.1. The third-order valence-corrected chi connectivity index (χ3v) is 5.94. The molecular formula is C25H19Cl2N3O3. The minimum Gasteiger partial charge on any atom is -0.350 e. The summed E-state index contributed by atoms with van der Waals surface area (Å²) in [5, 5.41) is 5.92. The molecular weight excluding hydrogens is 461 g/mol. The zero-order valence-electron chi connectivity index (χ0n) is 17.8. The van der Waals surface area contributed by atoms with Crippen molar-refractivity contribution in [3.8, 4) is 0 Å². The van der Waals surface area contributed by atoms with E-state index in [9.17, 15) is 14.4 Å². The molecule has 0 atom stereocenters. The molecule has 0 fully saturated rings. The molecule has 0 spiro atoms. The fraction of sp³-hybridized carbons (Fsp3) is 0.0800. The summed E-state index contributed by atoms with van der Waals surface area (Å²) < 4.78 is 0. The third kappa shape index (κ3) is 4.49. The molecule has 1 heterocycles. The first kappa shape index (κ1) is 22.6. The number of carbonyl (C=O) groups is 3. The van der Waals surface area contributed by atoms with E-state index in [1.807, 2.05) is 25.1 Å². The van der Waals surface area contributed by atoms with Gasteiger partial charge in [0.2, 0.25) is 0 Å². The van der Waals surface area contributed by atoms with E-state index in [2.05, 4.69) is 10.6 Å². The monoisotopic (exact) mass is 479 g/mol. The number of nitrogens with zero attached hydrogens (tertiary/aromatic N) is 1. The fourth-order valence-electron chi connectivity index (χ4n) is 3.48. The first-order chi connectivity index (χ1) is 15.8. The number of amides is 3. The van der Waals surface area contributed by atoms with Gasteiger partial charge in [-0.3, -0.25) is 14.4 Å². The topological polar surface area (TPSA) is 78.5 Å². The van der Waals surface area contributed by atoms with Gasteiger partial charge in [-0.05, 0) is 67.4 Å². The lowest BCUT2D eigenvalue weighted by molar-refractivity contribution is -0.120. The van der Waals surface area contributed by atoms with Crippen LogP contribution >= 0.6 is 23.2 Å². The second-order valence-electron chi connectivity index (χ2n) is 7.55. The van der Waals surface area contributed by atoms with Gasteiger partial charge in [0.05, 0.1) is 5.69 Å². The van der Waals surface area contributed by atoms with Gasteiger partial charge in [-0.25, -0.2) is 4.90 Å². The van der Waals surface area contributed by atoms with Crippen molar-refractivity contribution in [2.45, 2.75) is 13.8 Å². The van der Waals surface area contributed by atoms with Crippen LogP contribution in [0, 0.1) is 13.8 Å². The van der Waals surface area contributed by atoms with Crippen LogP contribution < -0.4 is 15.5 Å². The number of hydrogen-bond donors (Lipinski definition) is 2. The van der Waals surface area contributed by atoms with E-state index in [4.69, 9.17) is 23.2 Å². The van der Waals surface area contributed by atoms with E-state index >= 15 is 0 Å². The van der Waals surface area contributed by atoms with Crippen LogP contribution in [-0.2, 0) is 9.59 Å². The van der Waals surface area contributed by atoms with E-state index in [1.54, 1.807) is 55.5 Å². The Labute approximate surface area is 200 Å². The van der Waals surface area contributed by atoms with Crippen LogP contribution in [0.5, 0.6) is 0 Å². The zero-order valence-corrected chi connectivity index (χ0v) is 19.3. The number of halogens is 2. The van der Waals surface area contributed by atoms with Gasteiger partial charge in [-0.2, -0.15) is 0 Å². The van der Waals surface area contributed by atoms with Crippen molar-refractivity contribution in [3.63, 3.8) is 0 Å². The average molecular weight is 480 g/mol. The van der Waals surface area contributed by atoms with Crippen molar-refractivity contribution in [3.05, 3.63) is 99.2 Å². The molecule has 0 aromatic heterocycles. The van der Waals surface area contributed by atoms with Gasteiger partial charge in [0, 0.05) is 22.0 Å². The van der Waals surface area contributed by atoms with Gasteiger partial charge in [0.25, 0.3) is 17.7 Å². The second kappa shape index (κ2) is 9.10. The maximum Gasteiger partial charge on any atom is 0.283 e. The summed E-state index contributed by atoms with van der Waals surface area (Å²) in [6.07, 6.45) is 0. The van der Waals surface area contributed by atoms with Gasteiger partial charge in [0.1, 0.15) is 10.7 Å². The summed E-state index contributed by atoms with van der Waals surface area (Å²) in [5.74, 6) is -1.57. The highest BCUT2D eigenvalue weighted by Crippen LogP contribution is 2.34. The fourth-order valence-corrected chi connectivity index (χ4v) is 3.86. The van der Waals surface area contributed by atoms with Gasteiger partial charge in [0.15, 0.2) is 0 Å². The number of imide groups is 1. The average Bonchev–Trinajstić information content (AvgIpc) is 2.99. The molecule has 33 heavy (non-hydrogen) atoms. The molecule has 0 radical (unpaired) electrons. The van der Waals surface area contributed by atoms with Crippen molar-refractivity contribution in [1.82, 2.24) is 0 Å². The summed E-state index contributed by atoms with van der Waals surface area (Å²) in [7, 11) is 0. The van der Waals surface area contributed by atoms with E-state index in [0.717, 1.165) is 10.5 Å². The standard InChI is InChI=1S/C25H19Cl2N3O3/c1-14-6-3-8-17(12-14)29-23(31)16-7-4-9-18(13-16)28-22-21(27)24(32)30(25(22)33)20-11-5-10-19(26)15(20)2/h3-13,28H,1-2H3,(H,29,31). The quantitative estimate of drug-likeness (QED) is 0.463. The van der Waals surface area contributed by atoms with Crippen LogP contribution in [0.15, 0.2) is 77.5 Å². The highest BCUT2D eigenvalue weighted by atomic mass is 35.5. The molecule has 3 amide bonds.